The second kappa shape index (κ2) is 7.05. The molecule has 1 rings (SSSR count). The number of hydrogen-bond donors (Lipinski definition) is 1. The number of nitrogens with two attached hydrogens (primary N) is 1. The molecule has 1 fully saturated rings. The number of carbonyl (C=O) groups excluding carboxylic acids is 1. The number of Topliss-reactive ketones (excluding diaryl/α,β-unsaturated/α-hetero) is 1. The average molecular weight is 225 g/mol. The number of carbonyl (C=O) groups is 1. The minimum absolute atomic E-state index is 0.130. The quantitative estimate of drug-likeness (QED) is 0.753. The van der Waals surface area contributed by atoms with E-state index in [1.165, 1.54) is 38.5 Å². The zero-order valence-corrected chi connectivity index (χ0v) is 10.9. The molecule has 0 aromatic heterocycles. The van der Waals surface area contributed by atoms with Crippen LogP contribution < -0.4 is 5.73 Å². The Labute approximate surface area is 100.0 Å². The fourth-order valence-corrected chi connectivity index (χ4v) is 2.78. The van der Waals surface area contributed by atoms with Crippen LogP contribution in [-0.2, 0) is 4.79 Å². The predicted octanol–water partition coefficient (Wildman–Crippen LogP) is 3.29. The van der Waals surface area contributed by atoms with Crippen LogP contribution in [0.3, 0.4) is 0 Å². The maximum Gasteiger partial charge on any atom is 0.146 e. The second-order valence-corrected chi connectivity index (χ2v) is 5.64. The summed E-state index contributed by atoms with van der Waals surface area (Å²) in [5.74, 6) is 1.80. The van der Waals surface area contributed by atoms with Crippen LogP contribution in [0.4, 0.5) is 0 Å². The zero-order valence-electron chi connectivity index (χ0n) is 10.9. The Balaban J connectivity index is 2.14. The molecule has 1 saturated carbocycles. The summed E-state index contributed by atoms with van der Waals surface area (Å²) < 4.78 is 0. The number of hydrogen-bond acceptors (Lipinski definition) is 2. The van der Waals surface area contributed by atoms with Gasteiger partial charge >= 0.3 is 0 Å². The Bertz CT molecular complexity index is 209. The van der Waals surface area contributed by atoms with Gasteiger partial charge in [-0.05, 0) is 38.0 Å². The van der Waals surface area contributed by atoms with Crippen LogP contribution in [0.25, 0.3) is 0 Å². The van der Waals surface area contributed by atoms with Gasteiger partial charge in [0.05, 0.1) is 6.04 Å². The lowest BCUT2D eigenvalue weighted by Gasteiger charge is -2.25. The maximum atomic E-state index is 11.0. The van der Waals surface area contributed by atoms with E-state index in [2.05, 4.69) is 6.92 Å². The largest absolute Gasteiger partial charge is 0.322 e. The molecule has 0 saturated heterocycles. The summed E-state index contributed by atoms with van der Waals surface area (Å²) in [5, 5.41) is 0. The predicted molar refractivity (Wildman–Crippen MR) is 68.2 cm³/mol. The lowest BCUT2D eigenvalue weighted by molar-refractivity contribution is -0.118. The molecule has 0 radical (unpaired) electrons. The smallest absolute Gasteiger partial charge is 0.146 e. The molecule has 0 spiro atoms. The molecule has 0 unspecified atom stereocenters. The molecule has 0 aromatic rings. The molecule has 2 N–H and O–H groups in total. The van der Waals surface area contributed by atoms with Gasteiger partial charge in [-0.25, -0.2) is 0 Å². The topological polar surface area (TPSA) is 43.1 Å². The first-order valence-corrected chi connectivity index (χ1v) is 6.85. The van der Waals surface area contributed by atoms with Crippen LogP contribution >= 0.6 is 0 Å². The molecule has 0 amide bonds. The molecule has 2 nitrogen and oxygen atoms in total. The van der Waals surface area contributed by atoms with Crippen molar-refractivity contribution in [2.75, 3.05) is 0 Å². The van der Waals surface area contributed by atoms with Crippen LogP contribution in [0.2, 0.25) is 0 Å². The van der Waals surface area contributed by atoms with Crippen LogP contribution in [0.15, 0.2) is 0 Å². The average Bonchev–Trinajstić information content (AvgIpc) is 2.27. The fraction of sp³-hybridized carbons (Fsp3) is 0.929. The van der Waals surface area contributed by atoms with E-state index >= 15 is 0 Å². The molecule has 0 heterocycles. The molecule has 0 bridgehead atoms. The maximum absolute atomic E-state index is 11.0. The van der Waals surface area contributed by atoms with Gasteiger partial charge in [0.2, 0.25) is 0 Å². The highest BCUT2D eigenvalue weighted by Gasteiger charge is 2.17. The molecular weight excluding hydrogens is 198 g/mol. The van der Waals surface area contributed by atoms with Crippen LogP contribution in [0, 0.1) is 11.8 Å². The highest BCUT2D eigenvalue weighted by molar-refractivity contribution is 5.81. The Hall–Kier alpha value is -0.370. The van der Waals surface area contributed by atoms with Crippen molar-refractivity contribution >= 4 is 5.78 Å². The minimum atomic E-state index is -0.228. The molecule has 94 valence electrons. The van der Waals surface area contributed by atoms with Crippen molar-refractivity contribution in [2.24, 2.45) is 17.6 Å². The van der Waals surface area contributed by atoms with Gasteiger partial charge in [0.15, 0.2) is 0 Å². The van der Waals surface area contributed by atoms with E-state index in [1.54, 1.807) is 6.92 Å². The van der Waals surface area contributed by atoms with Gasteiger partial charge in [0.1, 0.15) is 5.78 Å². The van der Waals surface area contributed by atoms with E-state index in [4.69, 9.17) is 5.73 Å². The number of rotatable bonds is 6. The van der Waals surface area contributed by atoms with Crippen molar-refractivity contribution in [1.82, 2.24) is 0 Å². The van der Waals surface area contributed by atoms with Crippen LogP contribution in [0.5, 0.6) is 0 Å². The van der Waals surface area contributed by atoms with Gasteiger partial charge in [0, 0.05) is 0 Å². The fourth-order valence-electron chi connectivity index (χ4n) is 2.78. The molecule has 16 heavy (non-hydrogen) atoms. The first-order chi connectivity index (χ1) is 7.59. The first-order valence-electron chi connectivity index (χ1n) is 6.85. The molecular formula is C14H27NO. The van der Waals surface area contributed by atoms with E-state index in [-0.39, 0.29) is 11.8 Å². The third-order valence-electron chi connectivity index (χ3n) is 3.95. The Morgan fingerprint density at radius 3 is 2.44 bits per heavy atom. The lowest BCUT2D eigenvalue weighted by Crippen LogP contribution is -2.28. The summed E-state index contributed by atoms with van der Waals surface area (Å²) in [7, 11) is 0. The highest BCUT2D eigenvalue weighted by Crippen LogP contribution is 2.30. The molecule has 2 heteroatoms. The highest BCUT2D eigenvalue weighted by atomic mass is 16.1. The van der Waals surface area contributed by atoms with Crippen LogP contribution in [0.1, 0.15) is 65.2 Å². The molecule has 2 atom stereocenters. The second-order valence-electron chi connectivity index (χ2n) is 5.64. The van der Waals surface area contributed by atoms with Crippen molar-refractivity contribution in [3.05, 3.63) is 0 Å². The zero-order chi connectivity index (χ0) is 12.0. The first kappa shape index (κ1) is 13.7. The molecule has 0 aromatic carbocycles. The van der Waals surface area contributed by atoms with Crippen molar-refractivity contribution < 1.29 is 4.79 Å². The monoisotopic (exact) mass is 225 g/mol. The summed E-state index contributed by atoms with van der Waals surface area (Å²) in [5.41, 5.74) is 5.75. The SMILES string of the molecule is CC(=O)[C@@H](N)CC[C@H](C)CC1CCCCC1. The van der Waals surface area contributed by atoms with Crippen molar-refractivity contribution in [2.45, 2.75) is 71.3 Å². The number of ketones is 1. The lowest BCUT2D eigenvalue weighted by atomic mass is 9.82. The van der Waals surface area contributed by atoms with Crippen LogP contribution in [-0.4, -0.2) is 11.8 Å². The Morgan fingerprint density at radius 2 is 1.88 bits per heavy atom. The van der Waals surface area contributed by atoms with Crippen molar-refractivity contribution in [3.8, 4) is 0 Å². The van der Waals surface area contributed by atoms with Gasteiger partial charge < -0.3 is 5.73 Å². The van der Waals surface area contributed by atoms with E-state index < -0.39 is 0 Å². The molecule has 1 aliphatic rings. The summed E-state index contributed by atoms with van der Waals surface area (Å²) >= 11 is 0. The summed E-state index contributed by atoms with van der Waals surface area (Å²) in [6.45, 7) is 3.90. The summed E-state index contributed by atoms with van der Waals surface area (Å²) in [6.07, 6.45) is 10.4. The third-order valence-corrected chi connectivity index (χ3v) is 3.95. The normalized spacial score (nSPS) is 21.7. The van der Waals surface area contributed by atoms with Gasteiger partial charge in [-0.15, -0.1) is 0 Å². The summed E-state index contributed by atoms with van der Waals surface area (Å²) in [6, 6.07) is -0.228. The third kappa shape index (κ3) is 5.11. The summed E-state index contributed by atoms with van der Waals surface area (Å²) in [4.78, 5) is 11.0. The van der Waals surface area contributed by atoms with Gasteiger partial charge in [0.25, 0.3) is 0 Å². The van der Waals surface area contributed by atoms with Gasteiger partial charge in [-0.1, -0.05) is 39.0 Å². The minimum Gasteiger partial charge on any atom is -0.322 e. The molecule has 0 aliphatic heterocycles. The van der Waals surface area contributed by atoms with E-state index in [0.717, 1.165) is 24.7 Å². The van der Waals surface area contributed by atoms with Crippen molar-refractivity contribution in [3.63, 3.8) is 0 Å². The molecule has 1 aliphatic carbocycles. The van der Waals surface area contributed by atoms with Gasteiger partial charge in [-0.2, -0.15) is 0 Å². The van der Waals surface area contributed by atoms with E-state index in [9.17, 15) is 4.79 Å². The van der Waals surface area contributed by atoms with Gasteiger partial charge in [-0.3, -0.25) is 4.79 Å². The standard InChI is InChI=1S/C14H27NO/c1-11(8-9-14(15)12(2)16)10-13-6-4-3-5-7-13/h11,13-14H,3-10,15H2,1-2H3/t11-,14-/m0/s1. The Morgan fingerprint density at radius 1 is 1.25 bits per heavy atom. The Kier molecular flexibility index (Phi) is 6.04. The van der Waals surface area contributed by atoms with E-state index in [1.807, 2.05) is 0 Å². The van der Waals surface area contributed by atoms with Crippen molar-refractivity contribution in [1.29, 1.82) is 0 Å². The van der Waals surface area contributed by atoms with E-state index in [0.29, 0.717) is 0 Å².